The second-order valence-electron chi connectivity index (χ2n) is 14.2. The third-order valence-electron chi connectivity index (χ3n) is 10.2. The van der Waals surface area contributed by atoms with Crippen molar-refractivity contribution in [3.63, 3.8) is 0 Å². The maximum absolute atomic E-state index is 12.9. The summed E-state index contributed by atoms with van der Waals surface area (Å²) in [5.74, 6) is 0.187. The lowest BCUT2D eigenvalue weighted by molar-refractivity contribution is -0.116. The molecule has 6 aromatic rings. The molecule has 0 saturated heterocycles. The van der Waals surface area contributed by atoms with Crippen LogP contribution < -0.4 is 21.7 Å². The number of Topliss-reactive ketones (excluding diaryl/α,β-unsaturated/α-hetero) is 2. The van der Waals surface area contributed by atoms with E-state index < -0.39 is 5.24 Å². The normalized spacial score (nSPS) is 13.9. The molecular formula is C48H43Cl3N4O4. The first-order valence-electron chi connectivity index (χ1n) is 19.2. The zero-order valence-corrected chi connectivity index (χ0v) is 34.9. The number of nitrogens with two attached hydrogens (primary N) is 1. The molecule has 59 heavy (non-hydrogen) atoms. The van der Waals surface area contributed by atoms with Crippen LogP contribution in [0, 0.1) is 0 Å². The number of carbonyl (C=O) groups excluding carboxylic acids is 4. The van der Waals surface area contributed by atoms with Gasteiger partial charge in [-0.15, -0.1) is 0 Å². The number of allylic oxidation sites excluding steroid dienone is 4. The molecule has 8 rings (SSSR count). The lowest BCUT2D eigenvalue weighted by Crippen LogP contribution is -2.15. The van der Waals surface area contributed by atoms with Crippen molar-refractivity contribution in [2.75, 3.05) is 21.7 Å². The topological polar surface area (TPSA) is 130 Å². The van der Waals surface area contributed by atoms with Crippen molar-refractivity contribution in [1.82, 2.24) is 0 Å². The van der Waals surface area contributed by atoms with E-state index >= 15 is 0 Å². The maximum Gasteiger partial charge on any atom is 0.256 e. The highest BCUT2D eigenvalue weighted by molar-refractivity contribution is 6.68. The number of hydrogen-bond donors (Lipinski definition) is 4. The molecule has 0 aliphatic heterocycles. The van der Waals surface area contributed by atoms with Crippen LogP contribution in [0.2, 0.25) is 10.0 Å². The molecule has 0 bridgehead atoms. The summed E-state index contributed by atoms with van der Waals surface area (Å²) in [4.78, 5) is 47.5. The summed E-state index contributed by atoms with van der Waals surface area (Å²) in [7, 11) is 0. The van der Waals surface area contributed by atoms with Gasteiger partial charge in [0.25, 0.3) is 11.1 Å². The Morgan fingerprint density at radius 3 is 1.61 bits per heavy atom. The highest BCUT2D eigenvalue weighted by atomic mass is 35.5. The summed E-state index contributed by atoms with van der Waals surface area (Å²) >= 11 is 17.9. The molecule has 11 heteroatoms. The van der Waals surface area contributed by atoms with Crippen LogP contribution in [-0.4, -0.2) is 22.7 Å². The number of nitrogen functional groups attached to an aromatic ring is 1. The van der Waals surface area contributed by atoms with E-state index in [9.17, 15) is 19.2 Å². The molecule has 0 spiro atoms. The Labute approximate surface area is 358 Å². The van der Waals surface area contributed by atoms with Gasteiger partial charge < -0.3 is 21.7 Å². The average molecular weight is 846 g/mol. The third kappa shape index (κ3) is 10.8. The quantitative estimate of drug-likeness (QED) is 0.0929. The van der Waals surface area contributed by atoms with E-state index in [1.807, 2.05) is 92.7 Å². The van der Waals surface area contributed by atoms with Crippen LogP contribution in [0.25, 0.3) is 21.5 Å². The Balaban J connectivity index is 0.000000165. The molecule has 0 saturated carbocycles. The second-order valence-corrected chi connectivity index (χ2v) is 15.4. The number of hydrogen-bond acceptors (Lipinski definition) is 7. The van der Waals surface area contributed by atoms with Gasteiger partial charge in [0.05, 0.1) is 21.4 Å². The molecule has 5 N–H and O–H groups in total. The first kappa shape index (κ1) is 42.7. The number of carbonyl (C=O) groups is 4. The second kappa shape index (κ2) is 19.7. The van der Waals surface area contributed by atoms with Crippen LogP contribution in [0.4, 0.5) is 22.7 Å². The first-order chi connectivity index (χ1) is 28.4. The molecule has 2 aliphatic carbocycles. The fourth-order valence-corrected chi connectivity index (χ4v) is 7.43. The Morgan fingerprint density at radius 1 is 0.576 bits per heavy atom. The van der Waals surface area contributed by atoms with E-state index in [0.29, 0.717) is 51.1 Å². The van der Waals surface area contributed by atoms with Crippen molar-refractivity contribution in [1.29, 1.82) is 0 Å². The number of fused-ring (bicyclic) bond motifs is 2. The predicted octanol–water partition coefficient (Wildman–Crippen LogP) is 12.8. The zero-order chi connectivity index (χ0) is 42.1. The van der Waals surface area contributed by atoms with Crippen molar-refractivity contribution in [2.45, 2.75) is 52.4 Å². The highest BCUT2D eigenvalue weighted by Gasteiger charge is 2.19. The lowest BCUT2D eigenvalue weighted by atomic mass is 9.96. The van der Waals surface area contributed by atoms with Gasteiger partial charge in [-0.1, -0.05) is 96.0 Å². The number of benzene rings is 6. The Morgan fingerprint density at radius 2 is 1.05 bits per heavy atom. The summed E-state index contributed by atoms with van der Waals surface area (Å²) in [5, 5.41) is 14.1. The summed E-state index contributed by atoms with van der Waals surface area (Å²) in [5.41, 5.74) is 13.0. The minimum atomic E-state index is -0.406. The summed E-state index contributed by atoms with van der Waals surface area (Å²) < 4.78 is 0. The van der Waals surface area contributed by atoms with Crippen molar-refractivity contribution in [3.05, 3.63) is 165 Å². The monoisotopic (exact) mass is 844 g/mol. The van der Waals surface area contributed by atoms with E-state index in [1.165, 1.54) is 0 Å². The van der Waals surface area contributed by atoms with Crippen LogP contribution >= 0.6 is 34.8 Å². The summed E-state index contributed by atoms with van der Waals surface area (Å²) in [6, 6.07) is 37.3. The predicted molar refractivity (Wildman–Crippen MR) is 244 cm³/mol. The van der Waals surface area contributed by atoms with Crippen molar-refractivity contribution in [3.8, 4) is 0 Å². The van der Waals surface area contributed by atoms with Crippen LogP contribution in [0.15, 0.2) is 144 Å². The van der Waals surface area contributed by atoms with Gasteiger partial charge >= 0.3 is 0 Å². The molecule has 0 aromatic heterocycles. The Kier molecular flexibility index (Phi) is 14.2. The van der Waals surface area contributed by atoms with Crippen LogP contribution in [0.3, 0.4) is 0 Å². The standard InChI is InChI=1S/C24H21ClN2O2.C13H15ClN2O.C11H7ClO/c1-15-21(10-5-11-23(15)28)27-22-14-17(12-13-20(22)25)26-24(29)19-9-4-7-16-6-2-3-8-18(16)19;1-8-11(3-2-4-13(8)17)16-12-7-9(15)5-6-10(12)14;12-11(13)10-7-3-5-8-4-1-2-6-9(8)10/h2-4,6-9,12-14,27H,5,10-11H2,1H3,(H,26,29);5-7,16H,2-4,15H2,1H3;1-7H. The van der Waals surface area contributed by atoms with Gasteiger partial charge in [-0.25, -0.2) is 0 Å². The van der Waals surface area contributed by atoms with E-state index in [2.05, 4.69) is 16.0 Å². The number of anilines is 4. The van der Waals surface area contributed by atoms with Crippen molar-refractivity contribution in [2.24, 2.45) is 0 Å². The van der Waals surface area contributed by atoms with Gasteiger partial charge in [0.15, 0.2) is 11.6 Å². The molecule has 300 valence electrons. The molecule has 8 nitrogen and oxygen atoms in total. The fraction of sp³-hybridized carbons (Fsp3) is 0.167. The maximum atomic E-state index is 12.9. The van der Waals surface area contributed by atoms with Gasteiger partial charge in [-0.05, 0) is 121 Å². The number of halogens is 3. The molecule has 0 atom stereocenters. The number of ketones is 2. The molecule has 0 radical (unpaired) electrons. The Bertz CT molecular complexity index is 2640. The number of rotatable bonds is 7. The van der Waals surface area contributed by atoms with E-state index in [4.69, 9.17) is 40.5 Å². The van der Waals surface area contributed by atoms with E-state index in [1.54, 1.807) is 42.5 Å². The number of nitrogens with one attached hydrogen (secondary N) is 3. The lowest BCUT2D eigenvalue weighted by Gasteiger charge is -2.20. The molecule has 0 heterocycles. The molecule has 0 unspecified atom stereocenters. The van der Waals surface area contributed by atoms with Crippen LogP contribution in [-0.2, 0) is 9.59 Å². The first-order valence-corrected chi connectivity index (χ1v) is 20.3. The molecule has 2 aliphatic rings. The van der Waals surface area contributed by atoms with Gasteiger partial charge in [-0.2, -0.15) is 0 Å². The van der Waals surface area contributed by atoms with E-state index in [0.717, 1.165) is 75.5 Å². The molecule has 0 fully saturated rings. The largest absolute Gasteiger partial charge is 0.399 e. The smallest absolute Gasteiger partial charge is 0.256 e. The summed E-state index contributed by atoms with van der Waals surface area (Å²) in [6.45, 7) is 3.69. The Hall–Kier alpha value is -5.93. The molecule has 1 amide bonds. The fourth-order valence-electron chi connectivity index (χ4n) is 6.93. The number of amides is 1. The minimum Gasteiger partial charge on any atom is -0.399 e. The molecule has 6 aromatic carbocycles. The van der Waals surface area contributed by atoms with Gasteiger partial charge in [0.2, 0.25) is 0 Å². The van der Waals surface area contributed by atoms with Gasteiger partial charge in [0, 0.05) is 57.9 Å². The SMILES string of the molecule is CC1=C(Nc2cc(N)ccc2Cl)CCCC1=O.CC1=C(Nc2cc(NC(=O)c3cccc4ccccc34)ccc2Cl)CCCC1=O.O=C(Cl)c1cccc2ccccc12. The van der Waals surface area contributed by atoms with Gasteiger partial charge in [0.1, 0.15) is 0 Å². The van der Waals surface area contributed by atoms with Crippen molar-refractivity contribution < 1.29 is 19.2 Å². The highest BCUT2D eigenvalue weighted by Crippen LogP contribution is 2.32. The van der Waals surface area contributed by atoms with Crippen LogP contribution in [0.1, 0.15) is 73.1 Å². The molecular weight excluding hydrogens is 803 g/mol. The zero-order valence-electron chi connectivity index (χ0n) is 32.6. The summed E-state index contributed by atoms with van der Waals surface area (Å²) in [6.07, 6.45) is 4.63. The average Bonchev–Trinajstić information content (AvgIpc) is 3.23. The van der Waals surface area contributed by atoms with Gasteiger partial charge in [-0.3, -0.25) is 19.2 Å². The van der Waals surface area contributed by atoms with E-state index in [-0.39, 0.29) is 17.5 Å². The van der Waals surface area contributed by atoms with Crippen LogP contribution in [0.5, 0.6) is 0 Å². The van der Waals surface area contributed by atoms with Crippen molar-refractivity contribution >= 4 is 102 Å². The third-order valence-corrected chi connectivity index (χ3v) is 11.1. The minimum absolute atomic E-state index is 0.162.